The van der Waals surface area contributed by atoms with Crippen LogP contribution in [-0.4, -0.2) is 229 Å². The maximum atomic E-state index is 11.8. The molecule has 0 radical (unpaired) electrons. The van der Waals surface area contributed by atoms with E-state index in [9.17, 15) is 61.3 Å². The van der Waals surface area contributed by atoms with Crippen LogP contribution in [0, 0.1) is 46.3 Å². The first-order valence-electron chi connectivity index (χ1n) is 26.4. The highest BCUT2D eigenvalue weighted by molar-refractivity contribution is 5.26. The van der Waals surface area contributed by atoms with E-state index in [0.717, 1.165) is 51.6 Å². The Morgan fingerprint density at radius 1 is 0.597 bits per heavy atom. The molecule has 6 heterocycles. The molecule has 10 aliphatic rings. The van der Waals surface area contributed by atoms with Crippen molar-refractivity contribution in [2.75, 3.05) is 33.0 Å². The summed E-state index contributed by atoms with van der Waals surface area (Å²) in [7, 11) is 0. The van der Waals surface area contributed by atoms with Gasteiger partial charge in [0, 0.05) is 12.3 Å². The van der Waals surface area contributed by atoms with Gasteiger partial charge in [0.2, 0.25) is 0 Å². The summed E-state index contributed by atoms with van der Waals surface area (Å²) in [6, 6.07) is 0. The molecular weight excluding hydrogens is 953 g/mol. The lowest BCUT2D eigenvalue weighted by Crippen LogP contribution is -2.68. The van der Waals surface area contributed by atoms with E-state index < -0.39 is 155 Å². The summed E-state index contributed by atoms with van der Waals surface area (Å²) in [6.45, 7) is 7.28. The van der Waals surface area contributed by atoms with Crippen molar-refractivity contribution in [2.24, 2.45) is 46.3 Å². The van der Waals surface area contributed by atoms with Gasteiger partial charge in [-0.1, -0.05) is 39.3 Å². The first kappa shape index (κ1) is 54.2. The van der Waals surface area contributed by atoms with Crippen molar-refractivity contribution < 1.29 is 109 Å². The first-order valence-corrected chi connectivity index (χ1v) is 26.4. The van der Waals surface area contributed by atoms with Crippen LogP contribution in [-0.2, 0) is 47.4 Å². The number of ether oxygens (including phenoxy) is 10. The zero-order valence-electron chi connectivity index (χ0n) is 41.5. The minimum atomic E-state index is -2.00. The van der Waals surface area contributed by atoms with Crippen molar-refractivity contribution in [3.63, 3.8) is 0 Å². The molecule has 3 saturated carbocycles. The third kappa shape index (κ3) is 9.18. The van der Waals surface area contributed by atoms with Gasteiger partial charge in [0.1, 0.15) is 91.6 Å². The molecule has 4 aliphatic carbocycles. The largest absolute Gasteiger partial charge is 0.394 e. The molecule has 6 aliphatic heterocycles. The maximum absolute atomic E-state index is 11.8. The van der Waals surface area contributed by atoms with Crippen molar-refractivity contribution in [3.8, 4) is 0 Å². The van der Waals surface area contributed by atoms with E-state index in [1.54, 1.807) is 0 Å². The summed E-state index contributed by atoms with van der Waals surface area (Å²) >= 11 is 0. The van der Waals surface area contributed by atoms with Crippen molar-refractivity contribution >= 4 is 0 Å². The standard InChI is InChI=1S/C50H80O22/c1-20-7-12-50(64-18-20)21(2)32-28(72-50)14-26-24-6-5-22-13-23(8-10-48(22,3)25(24)9-11-49(26,32)4)65-45-40(62)37(59)41(31(17-53)68-45)69-47-43(71-46-39(61)36(58)34(56)29(15-51)66-46)42(35(57)30(16-52)67-47)70-44-38(60)33(55)27(54)19-63-44/h5,20-21,23-47,51-62H,6-19H2,1-4H3/t20-,21-,23+,24+,25-,26-,27+,28-,29+,30+,31+,32-,33-,34+,35+,36-,37+,38+,39+,40+,41+,42-,43+,44-,45+,46-,47-,48+,49-,50+/m1/s1. The van der Waals surface area contributed by atoms with Gasteiger partial charge in [0.25, 0.3) is 0 Å². The number of hydrogen-bond donors (Lipinski definition) is 12. The number of rotatable bonds is 11. The van der Waals surface area contributed by atoms with Gasteiger partial charge in [-0.05, 0) is 91.8 Å². The molecule has 0 aromatic carbocycles. The lowest BCUT2D eigenvalue weighted by molar-refractivity contribution is -0.403. The molecule has 22 heteroatoms. The molecule has 72 heavy (non-hydrogen) atoms. The summed E-state index contributed by atoms with van der Waals surface area (Å²) < 4.78 is 61.3. The fraction of sp³-hybridized carbons (Fsp3) is 0.960. The van der Waals surface area contributed by atoms with Gasteiger partial charge in [0.15, 0.2) is 30.9 Å². The quantitative estimate of drug-likeness (QED) is 0.0964. The molecule has 10 rings (SSSR count). The van der Waals surface area contributed by atoms with Gasteiger partial charge in [-0.2, -0.15) is 0 Å². The van der Waals surface area contributed by atoms with Gasteiger partial charge in [-0.25, -0.2) is 0 Å². The maximum Gasteiger partial charge on any atom is 0.187 e. The predicted octanol–water partition coefficient (Wildman–Crippen LogP) is -2.35. The van der Waals surface area contributed by atoms with E-state index in [1.165, 1.54) is 5.57 Å². The first-order chi connectivity index (χ1) is 34.3. The Balaban J connectivity index is 0.826. The van der Waals surface area contributed by atoms with E-state index in [2.05, 4.69) is 33.8 Å². The Bertz CT molecular complexity index is 1890. The minimum absolute atomic E-state index is 0.0473. The van der Waals surface area contributed by atoms with Crippen LogP contribution < -0.4 is 0 Å². The molecule has 9 fully saturated rings. The monoisotopic (exact) mass is 1030 g/mol. The lowest BCUT2D eigenvalue weighted by Gasteiger charge is -2.58. The van der Waals surface area contributed by atoms with Gasteiger partial charge in [-0.3, -0.25) is 0 Å². The van der Waals surface area contributed by atoms with Gasteiger partial charge < -0.3 is 109 Å². The summed E-state index contributed by atoms with van der Waals surface area (Å²) in [4.78, 5) is 0. The number of aliphatic hydroxyl groups excluding tert-OH is 12. The van der Waals surface area contributed by atoms with Crippen molar-refractivity contribution in [1.82, 2.24) is 0 Å². The predicted molar refractivity (Wildman–Crippen MR) is 242 cm³/mol. The SMILES string of the molecule is C[C@@H]1CC[C@]2(OC1)O[C@@H]1C[C@@H]3[C@H]4CC=C5C[C@@H](O[C@H]6O[C@@H](CO)[C@H](O[C@H]7O[C@@H](CO)[C@H](O)[C@@H](O[C@H]8OC[C@H](O)[C@@H](O)[C@@H]8O)[C@@H]7O[C@H]7O[C@@H](CO)[C@H](O)[C@@H](O)[C@@H]7O)[C@@H](O)[C@@H]6O)CC[C@]5(C)[C@@H]4CC[C@@]3(C)[C@@H]1[C@H]2C. The second-order valence-electron chi connectivity index (χ2n) is 23.5. The zero-order valence-corrected chi connectivity index (χ0v) is 41.5. The third-order valence-corrected chi connectivity index (χ3v) is 19.4. The smallest absolute Gasteiger partial charge is 0.187 e. The Labute approximate surface area is 419 Å². The minimum Gasteiger partial charge on any atom is -0.394 e. The van der Waals surface area contributed by atoms with Crippen molar-refractivity contribution in [1.29, 1.82) is 0 Å². The summed E-state index contributed by atoms with van der Waals surface area (Å²) in [5.41, 5.74) is 1.44. The fourth-order valence-electron chi connectivity index (χ4n) is 15.3. The number of hydrogen-bond acceptors (Lipinski definition) is 22. The van der Waals surface area contributed by atoms with E-state index in [-0.39, 0.29) is 16.9 Å². The molecule has 0 bridgehead atoms. The van der Waals surface area contributed by atoms with Gasteiger partial charge in [0.05, 0.1) is 45.2 Å². The van der Waals surface area contributed by atoms with Crippen molar-refractivity contribution in [2.45, 2.75) is 220 Å². The zero-order chi connectivity index (χ0) is 51.3. The van der Waals surface area contributed by atoms with Crippen LogP contribution in [0.5, 0.6) is 0 Å². The second-order valence-corrected chi connectivity index (χ2v) is 23.5. The van der Waals surface area contributed by atoms with E-state index in [1.807, 2.05) is 0 Å². The van der Waals surface area contributed by atoms with Crippen LogP contribution in [0.2, 0.25) is 0 Å². The highest BCUT2D eigenvalue weighted by Gasteiger charge is 2.69. The average Bonchev–Trinajstić information content (AvgIpc) is 3.82. The van der Waals surface area contributed by atoms with Crippen molar-refractivity contribution in [3.05, 3.63) is 11.6 Å². The second kappa shape index (κ2) is 20.9. The van der Waals surface area contributed by atoms with Crippen LogP contribution in [0.25, 0.3) is 0 Å². The number of fused-ring (bicyclic) bond motifs is 7. The molecule has 22 nitrogen and oxygen atoms in total. The Hall–Kier alpha value is -1.14. The highest BCUT2D eigenvalue weighted by Crippen LogP contribution is 2.70. The molecule has 0 aromatic rings. The van der Waals surface area contributed by atoms with Crippen LogP contribution >= 0.6 is 0 Å². The summed E-state index contributed by atoms with van der Waals surface area (Å²) in [5.74, 6) is 2.46. The summed E-state index contributed by atoms with van der Waals surface area (Å²) in [5, 5.41) is 129. The van der Waals surface area contributed by atoms with E-state index >= 15 is 0 Å². The summed E-state index contributed by atoms with van der Waals surface area (Å²) in [6.07, 6.45) is -22.3. The Kier molecular flexibility index (Phi) is 15.7. The molecule has 6 saturated heterocycles. The molecular formula is C50H80O22. The molecule has 412 valence electrons. The van der Waals surface area contributed by atoms with Crippen LogP contribution in [0.3, 0.4) is 0 Å². The van der Waals surface area contributed by atoms with E-state index in [0.29, 0.717) is 48.3 Å². The Morgan fingerprint density at radius 2 is 1.24 bits per heavy atom. The molecule has 1 spiro atoms. The normalized spacial score (nSPS) is 56.7. The lowest BCUT2D eigenvalue weighted by atomic mass is 9.47. The van der Waals surface area contributed by atoms with Crippen LogP contribution in [0.1, 0.15) is 85.5 Å². The molecule has 0 amide bonds. The molecule has 0 aromatic heterocycles. The highest BCUT2D eigenvalue weighted by atomic mass is 16.8. The topological polar surface area (TPSA) is 335 Å². The third-order valence-electron chi connectivity index (χ3n) is 19.4. The van der Waals surface area contributed by atoms with Crippen LogP contribution in [0.15, 0.2) is 11.6 Å². The van der Waals surface area contributed by atoms with E-state index in [4.69, 9.17) is 47.4 Å². The van der Waals surface area contributed by atoms with Crippen LogP contribution in [0.4, 0.5) is 0 Å². The number of allylic oxidation sites excluding steroid dienone is 1. The fourth-order valence-corrected chi connectivity index (χ4v) is 15.3. The number of aliphatic hydroxyl groups is 12. The average molecular weight is 1030 g/mol. The molecule has 12 N–H and O–H groups in total. The molecule has 0 unspecified atom stereocenters. The van der Waals surface area contributed by atoms with Gasteiger partial charge >= 0.3 is 0 Å². The molecule has 30 atom stereocenters. The Morgan fingerprint density at radius 3 is 1.94 bits per heavy atom. The van der Waals surface area contributed by atoms with Gasteiger partial charge in [-0.15, -0.1) is 0 Å².